The van der Waals surface area contributed by atoms with Gasteiger partial charge in [-0.05, 0) is 61.7 Å². The molecule has 44 heavy (non-hydrogen) atoms. The minimum atomic E-state index is -4.23. The largest absolute Gasteiger partial charge is 0.495 e. The van der Waals surface area contributed by atoms with Gasteiger partial charge in [-0.2, -0.15) is 0 Å². The molecule has 8 nitrogen and oxygen atoms in total. The molecule has 1 N–H and O–H groups in total. The second-order valence-electron chi connectivity index (χ2n) is 10.6. The van der Waals surface area contributed by atoms with Crippen molar-refractivity contribution < 1.29 is 22.7 Å². The quantitative estimate of drug-likeness (QED) is 0.221. The number of methoxy groups -OCH3 is 1. The molecular weight excluding hydrogens is 574 g/mol. The maximum Gasteiger partial charge on any atom is 0.264 e. The fourth-order valence-corrected chi connectivity index (χ4v) is 6.39. The summed E-state index contributed by atoms with van der Waals surface area (Å²) in [6, 6.07) is 29.6. The Kier molecular flexibility index (Phi) is 10.8. The van der Waals surface area contributed by atoms with Gasteiger partial charge in [0, 0.05) is 19.5 Å². The van der Waals surface area contributed by atoms with Gasteiger partial charge in [-0.1, -0.05) is 84.4 Å². The van der Waals surface area contributed by atoms with E-state index in [-0.39, 0.29) is 29.5 Å². The number of hydrogen-bond acceptors (Lipinski definition) is 5. The molecule has 0 aromatic heterocycles. The summed E-state index contributed by atoms with van der Waals surface area (Å²) in [5.74, 6) is -0.541. The van der Waals surface area contributed by atoms with Gasteiger partial charge < -0.3 is 15.0 Å². The summed E-state index contributed by atoms with van der Waals surface area (Å²) in [6.07, 6.45) is 0.254. The first-order chi connectivity index (χ1) is 21.1. The van der Waals surface area contributed by atoms with Crippen LogP contribution in [0.3, 0.4) is 0 Å². The van der Waals surface area contributed by atoms with E-state index in [1.807, 2.05) is 87.5 Å². The number of benzene rings is 4. The zero-order valence-corrected chi connectivity index (χ0v) is 26.4. The Bertz CT molecular complexity index is 1660. The third-order valence-electron chi connectivity index (χ3n) is 7.31. The molecule has 0 heterocycles. The topological polar surface area (TPSA) is 96.0 Å². The number of sulfonamides is 1. The summed E-state index contributed by atoms with van der Waals surface area (Å²) in [4.78, 5) is 29.6. The predicted molar refractivity (Wildman–Crippen MR) is 173 cm³/mol. The van der Waals surface area contributed by atoms with Gasteiger partial charge in [0.15, 0.2) is 0 Å². The molecular formula is C35H39N3O5S. The second-order valence-corrected chi connectivity index (χ2v) is 12.5. The molecule has 230 valence electrons. The number of carbonyl (C=O) groups excluding carboxylic acids is 2. The molecule has 0 bridgehead atoms. The standard InChI is InChI=1S/C35H39N3O5S/c1-5-36-35(40)32(23-28-12-8-6-9-13-28)37(24-29-14-10-7-11-15-29)34(39)25-38(31-22-27(3)18-21-33(31)43-4)44(41,42)30-19-16-26(2)17-20-30/h6-22,32H,5,23-25H2,1-4H3,(H,36,40)/t32-/m1/s1. The van der Waals surface area contributed by atoms with Crippen molar-refractivity contribution in [2.45, 2.75) is 44.7 Å². The van der Waals surface area contributed by atoms with Gasteiger partial charge in [-0.3, -0.25) is 13.9 Å². The molecule has 0 radical (unpaired) electrons. The van der Waals surface area contributed by atoms with Crippen molar-refractivity contribution >= 4 is 27.5 Å². The fraction of sp³-hybridized carbons (Fsp3) is 0.257. The molecule has 0 aliphatic rings. The summed E-state index contributed by atoms with van der Waals surface area (Å²) in [5, 5.41) is 2.87. The van der Waals surface area contributed by atoms with Crippen LogP contribution in [0.15, 0.2) is 108 Å². The van der Waals surface area contributed by atoms with Crippen LogP contribution in [0.2, 0.25) is 0 Å². The van der Waals surface area contributed by atoms with E-state index in [1.54, 1.807) is 24.3 Å². The average Bonchev–Trinajstić information content (AvgIpc) is 3.02. The lowest BCUT2D eigenvalue weighted by Gasteiger charge is -2.34. The van der Waals surface area contributed by atoms with Gasteiger partial charge in [0.05, 0.1) is 17.7 Å². The summed E-state index contributed by atoms with van der Waals surface area (Å²) in [5.41, 5.74) is 3.62. The van der Waals surface area contributed by atoms with Crippen LogP contribution >= 0.6 is 0 Å². The molecule has 4 aromatic rings. The Balaban J connectivity index is 1.83. The number of rotatable bonds is 13. The van der Waals surface area contributed by atoms with Gasteiger partial charge in [-0.25, -0.2) is 8.42 Å². The van der Waals surface area contributed by atoms with Crippen LogP contribution in [-0.4, -0.2) is 51.4 Å². The van der Waals surface area contributed by atoms with Gasteiger partial charge >= 0.3 is 0 Å². The lowest BCUT2D eigenvalue weighted by molar-refractivity contribution is -0.140. The Morgan fingerprint density at radius 1 is 0.818 bits per heavy atom. The molecule has 9 heteroatoms. The molecule has 0 saturated carbocycles. The number of likely N-dealkylation sites (N-methyl/N-ethyl adjacent to an activating group) is 1. The molecule has 0 spiro atoms. The number of hydrogen-bond donors (Lipinski definition) is 1. The molecule has 0 aliphatic carbocycles. The third kappa shape index (κ3) is 7.85. The number of carbonyl (C=O) groups is 2. The number of anilines is 1. The highest BCUT2D eigenvalue weighted by Crippen LogP contribution is 2.34. The smallest absolute Gasteiger partial charge is 0.264 e. The Hall–Kier alpha value is -4.63. The van der Waals surface area contributed by atoms with Crippen molar-refractivity contribution in [3.8, 4) is 5.75 Å². The van der Waals surface area contributed by atoms with E-state index in [1.165, 1.54) is 24.1 Å². The molecule has 0 saturated heterocycles. The number of ether oxygens (including phenoxy) is 1. The van der Waals surface area contributed by atoms with E-state index in [4.69, 9.17) is 4.74 Å². The normalized spacial score (nSPS) is 11.8. The molecule has 4 rings (SSSR count). The van der Waals surface area contributed by atoms with Crippen LogP contribution in [0, 0.1) is 13.8 Å². The van der Waals surface area contributed by atoms with Crippen LogP contribution < -0.4 is 14.4 Å². The van der Waals surface area contributed by atoms with Crippen molar-refractivity contribution in [1.29, 1.82) is 0 Å². The molecule has 2 amide bonds. The Morgan fingerprint density at radius 2 is 1.41 bits per heavy atom. The first-order valence-corrected chi connectivity index (χ1v) is 16.0. The monoisotopic (exact) mass is 613 g/mol. The first kappa shape index (κ1) is 32.3. The SMILES string of the molecule is CCNC(=O)[C@@H](Cc1ccccc1)N(Cc1ccccc1)C(=O)CN(c1cc(C)ccc1OC)S(=O)(=O)c1ccc(C)cc1. The summed E-state index contributed by atoms with van der Waals surface area (Å²) < 4.78 is 35.2. The van der Waals surface area contributed by atoms with E-state index in [9.17, 15) is 18.0 Å². The maximum atomic E-state index is 14.5. The van der Waals surface area contributed by atoms with Crippen molar-refractivity contribution in [1.82, 2.24) is 10.2 Å². The zero-order valence-electron chi connectivity index (χ0n) is 25.6. The summed E-state index contributed by atoms with van der Waals surface area (Å²) in [6.45, 7) is 5.48. The molecule has 0 fully saturated rings. The van der Waals surface area contributed by atoms with E-state index in [0.717, 1.165) is 26.6 Å². The predicted octanol–water partition coefficient (Wildman–Crippen LogP) is 5.28. The molecule has 0 unspecified atom stereocenters. The van der Waals surface area contributed by atoms with E-state index >= 15 is 0 Å². The van der Waals surface area contributed by atoms with Crippen LogP contribution in [0.4, 0.5) is 5.69 Å². The lowest BCUT2D eigenvalue weighted by Crippen LogP contribution is -2.53. The minimum Gasteiger partial charge on any atom is -0.495 e. The number of aryl methyl sites for hydroxylation is 2. The Morgan fingerprint density at radius 3 is 2.00 bits per heavy atom. The number of nitrogens with zero attached hydrogens (tertiary/aromatic N) is 2. The summed E-state index contributed by atoms with van der Waals surface area (Å²) >= 11 is 0. The van der Waals surface area contributed by atoms with Crippen molar-refractivity contribution in [3.05, 3.63) is 125 Å². The van der Waals surface area contributed by atoms with E-state index in [2.05, 4.69) is 5.32 Å². The molecule has 0 aliphatic heterocycles. The van der Waals surface area contributed by atoms with Gasteiger partial charge in [0.1, 0.15) is 18.3 Å². The third-order valence-corrected chi connectivity index (χ3v) is 9.08. The van der Waals surface area contributed by atoms with E-state index < -0.39 is 28.5 Å². The number of amides is 2. The van der Waals surface area contributed by atoms with Gasteiger partial charge in [0.25, 0.3) is 10.0 Å². The van der Waals surface area contributed by atoms with Crippen molar-refractivity contribution in [2.75, 3.05) is 24.5 Å². The highest BCUT2D eigenvalue weighted by atomic mass is 32.2. The highest BCUT2D eigenvalue weighted by Gasteiger charge is 2.35. The van der Waals surface area contributed by atoms with Crippen LogP contribution in [-0.2, 0) is 32.6 Å². The van der Waals surface area contributed by atoms with Crippen molar-refractivity contribution in [3.63, 3.8) is 0 Å². The zero-order chi connectivity index (χ0) is 31.7. The van der Waals surface area contributed by atoms with Crippen molar-refractivity contribution in [2.24, 2.45) is 0 Å². The minimum absolute atomic E-state index is 0.0404. The second kappa shape index (κ2) is 14.7. The average molecular weight is 614 g/mol. The molecule has 1 atom stereocenters. The fourth-order valence-electron chi connectivity index (χ4n) is 4.97. The first-order valence-electron chi connectivity index (χ1n) is 14.5. The maximum absolute atomic E-state index is 14.5. The van der Waals surface area contributed by atoms with Crippen LogP contribution in [0.5, 0.6) is 5.75 Å². The highest BCUT2D eigenvalue weighted by molar-refractivity contribution is 7.92. The lowest BCUT2D eigenvalue weighted by atomic mass is 10.0. The molecule has 4 aromatic carbocycles. The number of nitrogens with one attached hydrogen (secondary N) is 1. The van der Waals surface area contributed by atoms with Crippen LogP contribution in [0.1, 0.15) is 29.2 Å². The Labute approximate surface area is 260 Å². The van der Waals surface area contributed by atoms with E-state index in [0.29, 0.717) is 12.3 Å². The summed E-state index contributed by atoms with van der Waals surface area (Å²) in [7, 11) is -2.77. The van der Waals surface area contributed by atoms with Gasteiger partial charge in [-0.15, -0.1) is 0 Å². The van der Waals surface area contributed by atoms with Gasteiger partial charge in [0.2, 0.25) is 11.8 Å². The van der Waals surface area contributed by atoms with Crippen LogP contribution in [0.25, 0.3) is 0 Å².